The standard InChI is InChI=1S/C22H22N4O3S/c1-14(2)20(27)23-16-8-10-17(11-9-16)24-21(28)18-12-13-19(30-18)26-22(29)25-15-6-4-3-5-7-15/h3-14H,1-2H3,(H,23,27)(H,24,28)(H2,25,26,29). The maximum atomic E-state index is 12.5. The molecule has 3 aromatic rings. The third kappa shape index (κ3) is 5.92. The summed E-state index contributed by atoms with van der Waals surface area (Å²) >= 11 is 1.17. The molecule has 0 spiro atoms. The van der Waals surface area contributed by atoms with Crippen LogP contribution in [-0.2, 0) is 4.79 Å². The SMILES string of the molecule is CC(C)C(=O)Nc1ccc(NC(=O)c2ccc(NC(=O)Nc3ccccc3)s2)cc1. The highest BCUT2D eigenvalue weighted by molar-refractivity contribution is 7.18. The second-order valence-electron chi connectivity index (χ2n) is 6.78. The lowest BCUT2D eigenvalue weighted by molar-refractivity contribution is -0.118. The Morgan fingerprint density at radius 1 is 0.700 bits per heavy atom. The van der Waals surface area contributed by atoms with Gasteiger partial charge in [0.05, 0.1) is 9.88 Å². The Kier molecular flexibility index (Phi) is 6.82. The van der Waals surface area contributed by atoms with Crippen LogP contribution in [0.3, 0.4) is 0 Å². The van der Waals surface area contributed by atoms with Crippen LogP contribution in [0.2, 0.25) is 0 Å². The Labute approximate surface area is 178 Å². The average Bonchev–Trinajstić information content (AvgIpc) is 3.18. The van der Waals surface area contributed by atoms with Gasteiger partial charge in [-0.25, -0.2) is 4.79 Å². The van der Waals surface area contributed by atoms with Crippen LogP contribution in [0, 0.1) is 5.92 Å². The molecule has 0 atom stereocenters. The number of hydrogen-bond acceptors (Lipinski definition) is 4. The number of carbonyl (C=O) groups excluding carboxylic acids is 3. The van der Waals surface area contributed by atoms with Crippen LogP contribution in [0.1, 0.15) is 23.5 Å². The van der Waals surface area contributed by atoms with E-state index in [0.717, 1.165) is 0 Å². The first-order chi connectivity index (χ1) is 14.4. The molecule has 30 heavy (non-hydrogen) atoms. The van der Waals surface area contributed by atoms with Gasteiger partial charge in [0.2, 0.25) is 5.91 Å². The maximum Gasteiger partial charge on any atom is 0.324 e. The predicted molar refractivity (Wildman–Crippen MR) is 121 cm³/mol. The molecule has 0 fully saturated rings. The highest BCUT2D eigenvalue weighted by Crippen LogP contribution is 2.24. The number of benzene rings is 2. The van der Waals surface area contributed by atoms with Gasteiger partial charge in [-0.3, -0.25) is 14.9 Å². The van der Waals surface area contributed by atoms with Gasteiger partial charge in [0.1, 0.15) is 0 Å². The number of nitrogens with one attached hydrogen (secondary N) is 4. The largest absolute Gasteiger partial charge is 0.326 e. The Balaban J connectivity index is 1.54. The molecule has 0 saturated heterocycles. The van der Waals surface area contributed by atoms with Crippen LogP contribution in [0.4, 0.5) is 26.9 Å². The van der Waals surface area contributed by atoms with E-state index in [4.69, 9.17) is 0 Å². The molecule has 0 aliphatic rings. The molecule has 8 heteroatoms. The molecule has 1 aromatic heterocycles. The fourth-order valence-electron chi connectivity index (χ4n) is 2.44. The van der Waals surface area contributed by atoms with Crippen LogP contribution >= 0.6 is 11.3 Å². The number of anilines is 4. The van der Waals surface area contributed by atoms with Gasteiger partial charge in [-0.15, -0.1) is 11.3 Å². The topological polar surface area (TPSA) is 99.3 Å². The molecule has 2 aromatic carbocycles. The lowest BCUT2D eigenvalue weighted by Gasteiger charge is -2.09. The molecule has 3 rings (SSSR count). The minimum absolute atomic E-state index is 0.0679. The summed E-state index contributed by atoms with van der Waals surface area (Å²) in [5.41, 5.74) is 1.95. The third-order valence-electron chi connectivity index (χ3n) is 4.03. The molecule has 4 N–H and O–H groups in total. The Morgan fingerprint density at radius 3 is 1.93 bits per heavy atom. The van der Waals surface area contributed by atoms with Crippen molar-refractivity contribution in [3.8, 4) is 0 Å². The molecular formula is C22H22N4O3S. The van der Waals surface area contributed by atoms with Gasteiger partial charge in [-0.2, -0.15) is 0 Å². The van der Waals surface area contributed by atoms with Crippen LogP contribution < -0.4 is 21.3 Å². The molecule has 0 aliphatic carbocycles. The van der Waals surface area contributed by atoms with Gasteiger partial charge in [0.25, 0.3) is 5.91 Å². The number of carbonyl (C=O) groups is 3. The van der Waals surface area contributed by atoms with Crippen molar-refractivity contribution in [1.29, 1.82) is 0 Å². The Morgan fingerprint density at radius 2 is 1.30 bits per heavy atom. The van der Waals surface area contributed by atoms with E-state index in [1.165, 1.54) is 11.3 Å². The summed E-state index contributed by atoms with van der Waals surface area (Å²) in [6, 6.07) is 18.9. The van der Waals surface area contributed by atoms with E-state index in [1.54, 1.807) is 48.5 Å². The van der Waals surface area contributed by atoms with Crippen molar-refractivity contribution >= 4 is 51.2 Å². The zero-order valence-corrected chi connectivity index (χ0v) is 17.4. The fourth-order valence-corrected chi connectivity index (χ4v) is 3.24. The van der Waals surface area contributed by atoms with E-state index in [0.29, 0.717) is 26.9 Å². The van der Waals surface area contributed by atoms with Gasteiger partial charge in [0, 0.05) is 23.0 Å². The fraction of sp³-hybridized carbons (Fsp3) is 0.136. The van der Waals surface area contributed by atoms with Crippen molar-refractivity contribution in [2.45, 2.75) is 13.8 Å². The number of rotatable bonds is 6. The highest BCUT2D eigenvalue weighted by Gasteiger charge is 2.12. The molecule has 0 radical (unpaired) electrons. The summed E-state index contributed by atoms with van der Waals surface area (Å²) in [5, 5.41) is 11.6. The summed E-state index contributed by atoms with van der Waals surface area (Å²) in [7, 11) is 0. The second kappa shape index (κ2) is 9.71. The molecular weight excluding hydrogens is 400 g/mol. The van der Waals surface area contributed by atoms with Crippen LogP contribution in [0.25, 0.3) is 0 Å². The van der Waals surface area contributed by atoms with Gasteiger partial charge < -0.3 is 16.0 Å². The monoisotopic (exact) mass is 422 g/mol. The first-order valence-corrected chi connectivity index (χ1v) is 10.2. The number of para-hydroxylation sites is 1. The second-order valence-corrected chi connectivity index (χ2v) is 7.87. The summed E-state index contributed by atoms with van der Waals surface area (Å²) in [6.45, 7) is 3.64. The van der Waals surface area contributed by atoms with Crippen molar-refractivity contribution in [3.63, 3.8) is 0 Å². The van der Waals surface area contributed by atoms with Gasteiger partial charge >= 0.3 is 6.03 Å². The quantitative estimate of drug-likeness (QED) is 0.437. The summed E-state index contributed by atoms with van der Waals surface area (Å²) in [5.74, 6) is -0.460. The van der Waals surface area contributed by atoms with Crippen LogP contribution in [0.5, 0.6) is 0 Å². The molecule has 0 unspecified atom stereocenters. The molecule has 154 valence electrons. The molecule has 0 bridgehead atoms. The number of amides is 4. The number of urea groups is 1. The van der Waals surface area contributed by atoms with E-state index < -0.39 is 0 Å². The van der Waals surface area contributed by atoms with Crippen molar-refractivity contribution < 1.29 is 14.4 Å². The van der Waals surface area contributed by atoms with Crippen molar-refractivity contribution in [2.75, 3.05) is 21.3 Å². The summed E-state index contributed by atoms with van der Waals surface area (Å²) in [6.07, 6.45) is 0. The smallest absolute Gasteiger partial charge is 0.324 e. The van der Waals surface area contributed by atoms with E-state index in [2.05, 4.69) is 21.3 Å². The molecule has 7 nitrogen and oxygen atoms in total. The highest BCUT2D eigenvalue weighted by atomic mass is 32.1. The van der Waals surface area contributed by atoms with Crippen LogP contribution in [-0.4, -0.2) is 17.8 Å². The first kappa shape index (κ1) is 21.1. The van der Waals surface area contributed by atoms with Gasteiger partial charge in [0.15, 0.2) is 0 Å². The Hall–Kier alpha value is -3.65. The van der Waals surface area contributed by atoms with E-state index in [1.807, 2.05) is 32.0 Å². The zero-order valence-electron chi connectivity index (χ0n) is 16.6. The van der Waals surface area contributed by atoms with E-state index in [9.17, 15) is 14.4 Å². The van der Waals surface area contributed by atoms with E-state index in [-0.39, 0.29) is 23.8 Å². The molecule has 0 aliphatic heterocycles. The van der Waals surface area contributed by atoms with Gasteiger partial charge in [-0.1, -0.05) is 32.0 Å². The van der Waals surface area contributed by atoms with Crippen LogP contribution in [0.15, 0.2) is 66.7 Å². The lowest BCUT2D eigenvalue weighted by atomic mass is 10.2. The molecule has 4 amide bonds. The minimum Gasteiger partial charge on any atom is -0.326 e. The average molecular weight is 423 g/mol. The van der Waals surface area contributed by atoms with Crippen molar-refractivity contribution in [1.82, 2.24) is 0 Å². The van der Waals surface area contributed by atoms with Crippen molar-refractivity contribution in [2.24, 2.45) is 5.92 Å². The molecule has 0 saturated carbocycles. The maximum absolute atomic E-state index is 12.5. The first-order valence-electron chi connectivity index (χ1n) is 9.36. The summed E-state index contributed by atoms with van der Waals surface area (Å²) in [4.78, 5) is 36.7. The minimum atomic E-state index is -0.381. The van der Waals surface area contributed by atoms with Gasteiger partial charge in [-0.05, 0) is 48.5 Å². The normalized spacial score (nSPS) is 10.4. The Bertz CT molecular complexity index is 1030. The zero-order chi connectivity index (χ0) is 21.5. The number of hydrogen-bond donors (Lipinski definition) is 4. The summed E-state index contributed by atoms with van der Waals surface area (Å²) < 4.78 is 0. The third-order valence-corrected chi connectivity index (χ3v) is 5.03. The predicted octanol–water partition coefficient (Wildman–Crippen LogP) is 5.24. The number of thiophene rings is 1. The van der Waals surface area contributed by atoms with E-state index >= 15 is 0 Å². The lowest BCUT2D eigenvalue weighted by Crippen LogP contribution is -2.18. The van der Waals surface area contributed by atoms with Crippen molar-refractivity contribution in [3.05, 3.63) is 71.6 Å². The molecule has 1 heterocycles.